The summed E-state index contributed by atoms with van der Waals surface area (Å²) in [6.45, 7) is 1.14. The van der Waals surface area contributed by atoms with E-state index in [4.69, 9.17) is 15.2 Å². The fourth-order valence-corrected chi connectivity index (χ4v) is 3.56. The summed E-state index contributed by atoms with van der Waals surface area (Å²) in [6.07, 6.45) is 0. The van der Waals surface area contributed by atoms with Gasteiger partial charge in [-0.1, -0.05) is 54.2 Å². The Hall–Kier alpha value is -2.37. The summed E-state index contributed by atoms with van der Waals surface area (Å²) in [6, 6.07) is 20.3. The first-order valence-electron chi connectivity index (χ1n) is 8.13. The lowest BCUT2D eigenvalue weighted by Crippen LogP contribution is -3.00. The number of nitrogens with zero attached hydrogens (tertiary/aromatic N) is 1. The second kappa shape index (κ2) is 8.34. The van der Waals surface area contributed by atoms with E-state index in [2.05, 4.69) is 47.5 Å². The first-order valence-corrected chi connectivity index (χ1v) is 9.11. The van der Waals surface area contributed by atoms with Crippen LogP contribution in [0.15, 0.2) is 65.7 Å². The van der Waals surface area contributed by atoms with Crippen LogP contribution in [0.5, 0.6) is 11.5 Å². The highest BCUT2D eigenvalue weighted by atomic mass is 35.5. The Morgan fingerprint density at radius 2 is 1.73 bits per heavy atom. The summed E-state index contributed by atoms with van der Waals surface area (Å²) in [5.74, 6) is 2.26. The molecule has 1 aliphatic heterocycles. The van der Waals surface area contributed by atoms with Crippen LogP contribution in [0.4, 0.5) is 5.69 Å². The smallest absolute Gasteiger partial charge is 0.163 e. The van der Waals surface area contributed by atoms with E-state index in [0.29, 0.717) is 18.4 Å². The molecule has 0 amide bonds. The van der Waals surface area contributed by atoms with Gasteiger partial charge in [0.05, 0.1) is 5.69 Å². The fraction of sp³-hybridized carbons (Fsp3) is 0.150. The van der Waals surface area contributed by atoms with Crippen molar-refractivity contribution in [2.24, 2.45) is 10.7 Å². The van der Waals surface area contributed by atoms with Crippen molar-refractivity contribution in [2.75, 3.05) is 13.2 Å². The number of aliphatic imine (C=N–C) groups is 1. The molecule has 6 heteroatoms. The van der Waals surface area contributed by atoms with E-state index in [1.807, 2.05) is 18.2 Å². The van der Waals surface area contributed by atoms with Crippen molar-refractivity contribution in [3.8, 4) is 11.5 Å². The van der Waals surface area contributed by atoms with Crippen LogP contribution in [-0.2, 0) is 5.75 Å². The van der Waals surface area contributed by atoms with Crippen molar-refractivity contribution in [3.63, 3.8) is 0 Å². The Morgan fingerprint density at radius 3 is 2.62 bits per heavy atom. The molecule has 0 aromatic heterocycles. The zero-order chi connectivity index (χ0) is 17.1. The van der Waals surface area contributed by atoms with Gasteiger partial charge in [0.15, 0.2) is 16.7 Å². The molecule has 1 heterocycles. The maximum atomic E-state index is 6.11. The van der Waals surface area contributed by atoms with Crippen LogP contribution < -0.4 is 27.6 Å². The van der Waals surface area contributed by atoms with Crippen molar-refractivity contribution in [2.45, 2.75) is 5.75 Å². The molecule has 0 spiro atoms. The SMILES string of the molecule is NC(=Nc1ccc2c(c1)OCCO2)SCc1cccc2ccccc12.[Cl-]. The Bertz CT molecular complexity index is 941. The van der Waals surface area contributed by atoms with Crippen LogP contribution in [0.25, 0.3) is 10.8 Å². The van der Waals surface area contributed by atoms with Gasteiger partial charge in [0.1, 0.15) is 13.2 Å². The maximum Gasteiger partial charge on any atom is 0.163 e. The number of hydrogen-bond acceptors (Lipinski definition) is 4. The average molecular weight is 386 g/mol. The lowest BCUT2D eigenvalue weighted by Gasteiger charge is -2.18. The quantitative estimate of drug-likeness (QED) is 0.548. The number of amidine groups is 1. The molecule has 2 N–H and O–H groups in total. The molecule has 0 saturated heterocycles. The van der Waals surface area contributed by atoms with Crippen molar-refractivity contribution < 1.29 is 21.9 Å². The number of hydrogen-bond donors (Lipinski definition) is 1. The molecule has 0 unspecified atom stereocenters. The molecule has 0 radical (unpaired) electrons. The minimum atomic E-state index is 0. The molecule has 26 heavy (non-hydrogen) atoms. The molecule has 4 rings (SSSR count). The second-order valence-corrected chi connectivity index (χ2v) is 6.70. The second-order valence-electron chi connectivity index (χ2n) is 5.70. The molecule has 3 aromatic carbocycles. The molecular formula is C20H18ClN2O2S-. The number of halogens is 1. The minimum absolute atomic E-state index is 0. The van der Waals surface area contributed by atoms with Gasteiger partial charge in [-0.05, 0) is 28.5 Å². The van der Waals surface area contributed by atoms with E-state index in [1.54, 1.807) is 0 Å². The summed E-state index contributed by atoms with van der Waals surface area (Å²) in [4.78, 5) is 4.48. The van der Waals surface area contributed by atoms with Crippen molar-refractivity contribution in [1.29, 1.82) is 0 Å². The molecule has 134 valence electrons. The molecular weight excluding hydrogens is 368 g/mol. The fourth-order valence-electron chi connectivity index (χ4n) is 2.83. The van der Waals surface area contributed by atoms with Crippen LogP contribution in [-0.4, -0.2) is 18.4 Å². The van der Waals surface area contributed by atoms with Gasteiger partial charge >= 0.3 is 0 Å². The van der Waals surface area contributed by atoms with Crippen LogP contribution in [0, 0.1) is 0 Å². The number of nitrogens with two attached hydrogens (primary N) is 1. The Labute approximate surface area is 162 Å². The normalized spacial score (nSPS) is 13.3. The maximum absolute atomic E-state index is 6.11. The van der Waals surface area contributed by atoms with E-state index < -0.39 is 0 Å². The number of rotatable bonds is 3. The topological polar surface area (TPSA) is 56.8 Å². The number of thioether (sulfide) groups is 1. The Balaban J connectivity index is 0.00000196. The minimum Gasteiger partial charge on any atom is -1.00 e. The summed E-state index contributed by atoms with van der Waals surface area (Å²) in [5, 5.41) is 3.03. The summed E-state index contributed by atoms with van der Waals surface area (Å²) in [7, 11) is 0. The zero-order valence-corrected chi connectivity index (χ0v) is 15.6. The first kappa shape index (κ1) is 18.4. The molecule has 0 bridgehead atoms. The van der Waals surface area contributed by atoms with Crippen LogP contribution >= 0.6 is 11.8 Å². The average Bonchev–Trinajstić information content (AvgIpc) is 2.66. The van der Waals surface area contributed by atoms with E-state index in [9.17, 15) is 0 Å². The predicted molar refractivity (Wildman–Crippen MR) is 104 cm³/mol. The van der Waals surface area contributed by atoms with Crippen LogP contribution in [0.1, 0.15) is 5.56 Å². The highest BCUT2D eigenvalue weighted by Crippen LogP contribution is 2.34. The lowest BCUT2D eigenvalue weighted by atomic mass is 10.1. The first-order chi connectivity index (χ1) is 12.3. The molecule has 4 nitrogen and oxygen atoms in total. The van der Waals surface area contributed by atoms with Crippen molar-refractivity contribution >= 4 is 33.4 Å². The van der Waals surface area contributed by atoms with Gasteiger partial charge in [-0.2, -0.15) is 0 Å². The van der Waals surface area contributed by atoms with Crippen LogP contribution in [0.3, 0.4) is 0 Å². The molecule has 0 fully saturated rings. The lowest BCUT2D eigenvalue weighted by molar-refractivity contribution is -0.00000558. The Kier molecular flexibility index (Phi) is 5.91. The third kappa shape index (κ3) is 4.06. The van der Waals surface area contributed by atoms with E-state index in [1.165, 1.54) is 28.1 Å². The summed E-state index contributed by atoms with van der Waals surface area (Å²) < 4.78 is 11.1. The molecule has 0 aliphatic carbocycles. The van der Waals surface area contributed by atoms with Gasteiger partial charge in [-0.15, -0.1) is 0 Å². The van der Waals surface area contributed by atoms with E-state index in [0.717, 1.165) is 22.9 Å². The third-order valence-electron chi connectivity index (χ3n) is 4.02. The standard InChI is InChI=1S/C20H18N2O2S.ClH/c21-20(22-16-8-9-18-19(12-16)24-11-10-23-18)25-13-15-6-3-5-14-4-1-2-7-17(14)15;/h1-9,12H,10-11,13H2,(H2,21,22);1H/p-1. The molecule has 0 saturated carbocycles. The van der Waals surface area contributed by atoms with Gasteiger partial charge in [-0.3, -0.25) is 0 Å². The van der Waals surface area contributed by atoms with Crippen molar-refractivity contribution in [3.05, 3.63) is 66.2 Å². The van der Waals surface area contributed by atoms with Gasteiger partial charge in [0.2, 0.25) is 0 Å². The number of fused-ring (bicyclic) bond motifs is 2. The summed E-state index contributed by atoms with van der Waals surface area (Å²) >= 11 is 1.53. The van der Waals surface area contributed by atoms with Gasteiger partial charge in [0.25, 0.3) is 0 Å². The highest BCUT2D eigenvalue weighted by Gasteiger charge is 2.11. The number of ether oxygens (including phenoxy) is 2. The summed E-state index contributed by atoms with van der Waals surface area (Å²) in [5.41, 5.74) is 8.14. The van der Waals surface area contributed by atoms with Gasteiger partial charge in [0, 0.05) is 11.8 Å². The largest absolute Gasteiger partial charge is 1.00 e. The van der Waals surface area contributed by atoms with Gasteiger partial charge in [-0.25, -0.2) is 4.99 Å². The predicted octanol–water partition coefficient (Wildman–Crippen LogP) is 1.49. The van der Waals surface area contributed by atoms with Crippen molar-refractivity contribution in [1.82, 2.24) is 0 Å². The van der Waals surface area contributed by atoms with Crippen LogP contribution in [0.2, 0.25) is 0 Å². The zero-order valence-electron chi connectivity index (χ0n) is 14.0. The third-order valence-corrected chi connectivity index (χ3v) is 4.86. The van der Waals surface area contributed by atoms with Gasteiger partial charge < -0.3 is 27.6 Å². The van der Waals surface area contributed by atoms with E-state index in [-0.39, 0.29) is 12.4 Å². The monoisotopic (exact) mass is 385 g/mol. The highest BCUT2D eigenvalue weighted by molar-refractivity contribution is 8.13. The molecule has 0 atom stereocenters. The Morgan fingerprint density at radius 1 is 0.962 bits per heavy atom. The molecule has 3 aromatic rings. The molecule has 1 aliphatic rings. The number of benzene rings is 3. The van der Waals surface area contributed by atoms with E-state index >= 15 is 0 Å².